The Balaban J connectivity index is 2.41. The van der Waals surface area contributed by atoms with Gasteiger partial charge in [-0.1, -0.05) is 0 Å². The molecule has 0 heterocycles. The molecule has 48 valence electrons. The van der Waals surface area contributed by atoms with E-state index in [0.717, 1.165) is 0 Å². The van der Waals surface area contributed by atoms with E-state index >= 15 is 0 Å². The zero-order valence-electron chi connectivity index (χ0n) is 5.45. The fraction of sp³-hybridized carbons (Fsp3) is 1.00. The third-order valence-corrected chi connectivity index (χ3v) is 2.58. The maximum Gasteiger partial charge on any atom is 0.0331 e. The molecule has 0 N–H and O–H groups in total. The summed E-state index contributed by atoms with van der Waals surface area (Å²) in [5, 5.41) is 0. The molecule has 1 nitrogen and oxygen atoms in total. The first-order valence-corrected chi connectivity index (χ1v) is 3.39. The van der Waals surface area contributed by atoms with Crippen molar-refractivity contribution in [2.75, 3.05) is 7.05 Å². The van der Waals surface area contributed by atoms with Gasteiger partial charge in [0.25, 0.3) is 0 Å². The van der Waals surface area contributed by atoms with Gasteiger partial charge in [-0.2, -0.15) is 0 Å². The van der Waals surface area contributed by atoms with Gasteiger partial charge in [0.05, 0.1) is 0 Å². The monoisotopic (exact) mass is 133 g/mol. The molecule has 1 fully saturated rings. The van der Waals surface area contributed by atoms with E-state index in [1.165, 1.54) is 19.3 Å². The maximum atomic E-state index is 5.75. The highest BCUT2D eigenvalue weighted by Gasteiger charge is 2.34. The first-order valence-electron chi connectivity index (χ1n) is 3.05. The maximum absolute atomic E-state index is 5.75. The lowest BCUT2D eigenvalue weighted by atomic mass is 9.79. The van der Waals surface area contributed by atoms with Gasteiger partial charge in [-0.15, -0.1) is 0 Å². The normalized spacial score (nSPS) is 25.5. The summed E-state index contributed by atoms with van der Waals surface area (Å²) in [6.45, 7) is 2.20. The second-order valence-electron chi connectivity index (χ2n) is 2.83. The molecular formula is C6H12ClN. The fourth-order valence-corrected chi connectivity index (χ4v) is 1.17. The third kappa shape index (κ3) is 0.848. The molecule has 0 spiro atoms. The molecule has 1 saturated carbocycles. The Hall–Kier alpha value is 0.250. The van der Waals surface area contributed by atoms with Gasteiger partial charge in [-0.05, 0) is 38.0 Å². The second kappa shape index (κ2) is 1.89. The van der Waals surface area contributed by atoms with Crippen LogP contribution in [0.5, 0.6) is 0 Å². The van der Waals surface area contributed by atoms with Crippen molar-refractivity contribution < 1.29 is 0 Å². The van der Waals surface area contributed by atoms with E-state index in [2.05, 4.69) is 6.92 Å². The molecular weight excluding hydrogens is 122 g/mol. The van der Waals surface area contributed by atoms with Crippen LogP contribution in [0, 0.1) is 0 Å². The minimum atomic E-state index is 0.321. The van der Waals surface area contributed by atoms with Crippen molar-refractivity contribution in [3.8, 4) is 0 Å². The third-order valence-electron chi connectivity index (χ3n) is 2.17. The Morgan fingerprint density at radius 1 is 1.50 bits per heavy atom. The topological polar surface area (TPSA) is 3.24 Å². The van der Waals surface area contributed by atoms with E-state index in [-0.39, 0.29) is 0 Å². The van der Waals surface area contributed by atoms with E-state index in [0.29, 0.717) is 5.54 Å². The second-order valence-corrected chi connectivity index (χ2v) is 3.33. The van der Waals surface area contributed by atoms with Crippen LogP contribution in [0.4, 0.5) is 0 Å². The zero-order valence-corrected chi connectivity index (χ0v) is 6.20. The molecule has 0 bridgehead atoms. The average molecular weight is 134 g/mol. The van der Waals surface area contributed by atoms with Crippen LogP contribution in [-0.2, 0) is 0 Å². The summed E-state index contributed by atoms with van der Waals surface area (Å²) in [7, 11) is 1.93. The largest absolute Gasteiger partial charge is 0.217 e. The molecule has 0 aromatic carbocycles. The molecule has 0 amide bonds. The first-order chi connectivity index (χ1) is 3.65. The predicted octanol–water partition coefficient (Wildman–Crippen LogP) is 2.01. The number of nitrogens with zero attached hydrogens (tertiary/aromatic N) is 1. The van der Waals surface area contributed by atoms with Crippen molar-refractivity contribution in [1.29, 1.82) is 0 Å². The van der Waals surface area contributed by atoms with Gasteiger partial charge < -0.3 is 0 Å². The standard InChI is InChI=1S/C6H12ClN/c1-6(8(2)7)4-3-5-6/h3-5H2,1-2H3. The summed E-state index contributed by atoms with van der Waals surface area (Å²) < 4.78 is 1.80. The van der Waals surface area contributed by atoms with Gasteiger partial charge in [0.15, 0.2) is 0 Å². The fourth-order valence-electron chi connectivity index (χ4n) is 0.997. The van der Waals surface area contributed by atoms with E-state index in [4.69, 9.17) is 11.8 Å². The van der Waals surface area contributed by atoms with Crippen LogP contribution >= 0.6 is 11.8 Å². The Morgan fingerprint density at radius 3 is 2.00 bits per heavy atom. The summed E-state index contributed by atoms with van der Waals surface area (Å²) in [6.07, 6.45) is 3.85. The molecule has 0 aromatic rings. The van der Waals surface area contributed by atoms with Crippen LogP contribution in [0.3, 0.4) is 0 Å². The summed E-state index contributed by atoms with van der Waals surface area (Å²) in [6, 6.07) is 0. The molecule has 1 aliphatic rings. The van der Waals surface area contributed by atoms with E-state index in [9.17, 15) is 0 Å². The van der Waals surface area contributed by atoms with E-state index in [1.807, 2.05) is 7.05 Å². The van der Waals surface area contributed by atoms with Crippen LogP contribution in [0.1, 0.15) is 26.2 Å². The van der Waals surface area contributed by atoms with Crippen LogP contribution in [-0.4, -0.2) is 17.0 Å². The predicted molar refractivity (Wildman–Crippen MR) is 35.9 cm³/mol. The van der Waals surface area contributed by atoms with Crippen molar-refractivity contribution in [1.82, 2.24) is 4.42 Å². The lowest BCUT2D eigenvalue weighted by molar-refractivity contribution is 0.133. The van der Waals surface area contributed by atoms with E-state index in [1.54, 1.807) is 4.42 Å². The van der Waals surface area contributed by atoms with E-state index < -0.39 is 0 Å². The molecule has 1 aliphatic carbocycles. The average Bonchev–Trinajstić information content (AvgIpc) is 1.60. The highest BCUT2D eigenvalue weighted by Crippen LogP contribution is 2.36. The summed E-state index contributed by atoms with van der Waals surface area (Å²) in [5.41, 5.74) is 0.321. The van der Waals surface area contributed by atoms with Gasteiger partial charge in [-0.3, -0.25) is 0 Å². The Labute approximate surface area is 55.7 Å². The van der Waals surface area contributed by atoms with Crippen LogP contribution in [0.2, 0.25) is 0 Å². The van der Waals surface area contributed by atoms with Gasteiger partial charge in [0.1, 0.15) is 0 Å². The summed E-state index contributed by atoms with van der Waals surface area (Å²) in [4.78, 5) is 0. The van der Waals surface area contributed by atoms with Crippen molar-refractivity contribution in [2.45, 2.75) is 31.7 Å². The molecule has 2 heteroatoms. The number of halogens is 1. The van der Waals surface area contributed by atoms with Crippen molar-refractivity contribution in [2.24, 2.45) is 0 Å². The summed E-state index contributed by atoms with van der Waals surface area (Å²) in [5.74, 6) is 0. The molecule has 0 radical (unpaired) electrons. The zero-order chi connectivity index (χ0) is 6.20. The SMILES string of the molecule is CN(Cl)C1(C)CCC1. The smallest absolute Gasteiger partial charge is 0.0331 e. The first kappa shape index (κ1) is 6.37. The molecule has 0 aliphatic heterocycles. The molecule has 0 saturated heterocycles. The quantitative estimate of drug-likeness (QED) is 0.495. The Bertz CT molecular complexity index is 86.5. The van der Waals surface area contributed by atoms with Crippen molar-refractivity contribution >= 4 is 11.8 Å². The molecule has 1 rings (SSSR count). The minimum Gasteiger partial charge on any atom is -0.217 e. The van der Waals surface area contributed by atoms with Crippen molar-refractivity contribution in [3.63, 3.8) is 0 Å². The highest BCUT2D eigenvalue weighted by molar-refractivity contribution is 6.13. The van der Waals surface area contributed by atoms with Crippen LogP contribution in [0.15, 0.2) is 0 Å². The Kier molecular flexibility index (Phi) is 1.50. The minimum absolute atomic E-state index is 0.321. The van der Waals surface area contributed by atoms with Gasteiger partial charge in [0, 0.05) is 12.6 Å². The van der Waals surface area contributed by atoms with Gasteiger partial charge in [0.2, 0.25) is 0 Å². The van der Waals surface area contributed by atoms with Gasteiger partial charge >= 0.3 is 0 Å². The Morgan fingerprint density at radius 2 is 2.00 bits per heavy atom. The molecule has 0 atom stereocenters. The highest BCUT2D eigenvalue weighted by atomic mass is 35.5. The van der Waals surface area contributed by atoms with Crippen LogP contribution in [0.25, 0.3) is 0 Å². The van der Waals surface area contributed by atoms with Crippen molar-refractivity contribution in [3.05, 3.63) is 0 Å². The lowest BCUT2D eigenvalue weighted by Gasteiger charge is -2.42. The molecule has 0 aromatic heterocycles. The van der Waals surface area contributed by atoms with Gasteiger partial charge in [-0.25, -0.2) is 4.42 Å². The van der Waals surface area contributed by atoms with Crippen LogP contribution < -0.4 is 0 Å². The lowest BCUT2D eigenvalue weighted by Crippen LogP contribution is -2.44. The molecule has 8 heavy (non-hydrogen) atoms. The summed E-state index contributed by atoms with van der Waals surface area (Å²) >= 11 is 5.75. The molecule has 0 unspecified atom stereocenters. The number of rotatable bonds is 1. The number of hydrogen-bond acceptors (Lipinski definition) is 1. The number of hydrogen-bond donors (Lipinski definition) is 0.